The van der Waals surface area contributed by atoms with Gasteiger partial charge in [-0.15, -0.1) is 10.2 Å². The van der Waals surface area contributed by atoms with Gasteiger partial charge >= 0.3 is 0 Å². The molecule has 0 N–H and O–H groups in total. The van der Waals surface area contributed by atoms with Gasteiger partial charge in [-0.2, -0.15) is 19.8 Å². The predicted octanol–water partition coefficient (Wildman–Crippen LogP) is 1.28. The lowest BCUT2D eigenvalue weighted by atomic mass is 9.96. The predicted molar refractivity (Wildman–Crippen MR) is 104 cm³/mol. The van der Waals surface area contributed by atoms with Crippen molar-refractivity contribution in [1.82, 2.24) is 44.3 Å². The van der Waals surface area contributed by atoms with Crippen LogP contribution in [0, 0.1) is 0 Å². The molecular weight excluding hydrogens is 370 g/mol. The average Bonchev–Trinajstić information content (AvgIpc) is 3.46. The highest BCUT2D eigenvalue weighted by Gasteiger charge is 2.28. The number of aromatic nitrogens is 8. The second-order valence-electron chi connectivity index (χ2n) is 7.36. The van der Waals surface area contributed by atoms with Gasteiger partial charge in [-0.25, -0.2) is 0 Å². The van der Waals surface area contributed by atoms with Crippen molar-refractivity contribution in [1.29, 1.82) is 0 Å². The molecule has 0 atom stereocenters. The lowest BCUT2D eigenvalue weighted by Gasteiger charge is -2.31. The Morgan fingerprint density at radius 2 is 1.90 bits per heavy atom. The van der Waals surface area contributed by atoms with Crippen molar-refractivity contribution in [2.75, 3.05) is 13.1 Å². The first kappa shape index (κ1) is 17.5. The van der Waals surface area contributed by atoms with Crippen LogP contribution in [-0.4, -0.2) is 63.3 Å². The molecule has 4 aromatic rings. The maximum Gasteiger partial charge on any atom is 0.272 e. The van der Waals surface area contributed by atoms with Crippen LogP contribution in [0.4, 0.5) is 0 Å². The molecule has 1 aliphatic heterocycles. The van der Waals surface area contributed by atoms with Crippen LogP contribution >= 0.6 is 0 Å². The van der Waals surface area contributed by atoms with E-state index in [1.807, 2.05) is 34.8 Å². The van der Waals surface area contributed by atoms with Crippen LogP contribution in [0.25, 0.3) is 16.9 Å². The summed E-state index contributed by atoms with van der Waals surface area (Å²) >= 11 is 0. The third-order valence-electron chi connectivity index (χ3n) is 5.47. The highest BCUT2D eigenvalue weighted by atomic mass is 16.2. The first-order chi connectivity index (χ1) is 14.1. The summed E-state index contributed by atoms with van der Waals surface area (Å²) in [4.78, 5) is 14.6. The van der Waals surface area contributed by atoms with Crippen molar-refractivity contribution < 1.29 is 4.79 Å². The molecule has 0 spiro atoms. The minimum Gasteiger partial charge on any atom is -0.337 e. The van der Waals surface area contributed by atoms with Crippen molar-refractivity contribution in [3.05, 3.63) is 48.3 Å². The van der Waals surface area contributed by atoms with Gasteiger partial charge in [0, 0.05) is 51.1 Å². The number of hydrogen-bond acceptors (Lipinski definition) is 6. The normalized spacial score (nSPS) is 15.3. The first-order valence-electron chi connectivity index (χ1n) is 9.59. The second-order valence-corrected chi connectivity index (χ2v) is 7.36. The number of aryl methyl sites for hydroxylation is 2. The Balaban J connectivity index is 1.36. The molecule has 10 heteroatoms. The Bertz CT molecular complexity index is 1180. The molecule has 1 saturated heterocycles. The third-order valence-corrected chi connectivity index (χ3v) is 5.47. The number of hydrogen-bond donors (Lipinski definition) is 0. The van der Waals surface area contributed by atoms with Crippen molar-refractivity contribution in [2.24, 2.45) is 14.1 Å². The van der Waals surface area contributed by atoms with Crippen molar-refractivity contribution in [3.63, 3.8) is 0 Å². The highest BCUT2D eigenvalue weighted by Crippen LogP contribution is 2.28. The molecule has 0 saturated carbocycles. The van der Waals surface area contributed by atoms with Gasteiger partial charge in [-0.05, 0) is 31.0 Å². The van der Waals surface area contributed by atoms with Crippen molar-refractivity contribution >= 4 is 11.6 Å². The molecule has 148 valence electrons. The summed E-state index contributed by atoms with van der Waals surface area (Å²) in [7, 11) is 3.67. The van der Waals surface area contributed by atoms with Gasteiger partial charge < -0.3 is 4.90 Å². The van der Waals surface area contributed by atoms with E-state index in [1.54, 1.807) is 34.9 Å². The molecule has 0 aliphatic carbocycles. The first-order valence-corrected chi connectivity index (χ1v) is 9.59. The quantitative estimate of drug-likeness (QED) is 0.522. The number of likely N-dealkylation sites (tertiary alicyclic amines) is 1. The fourth-order valence-electron chi connectivity index (χ4n) is 3.85. The number of amides is 1. The smallest absolute Gasteiger partial charge is 0.272 e. The van der Waals surface area contributed by atoms with Gasteiger partial charge in [0.15, 0.2) is 11.5 Å². The summed E-state index contributed by atoms with van der Waals surface area (Å²) in [5.74, 6) is 1.07. The Morgan fingerprint density at radius 3 is 2.59 bits per heavy atom. The number of fused-ring (bicyclic) bond motifs is 1. The summed E-state index contributed by atoms with van der Waals surface area (Å²) in [6.45, 7) is 1.35. The van der Waals surface area contributed by atoms with Crippen LogP contribution in [0.2, 0.25) is 0 Å². The summed E-state index contributed by atoms with van der Waals surface area (Å²) < 4.78 is 5.19. The van der Waals surface area contributed by atoms with Gasteiger partial charge in [-0.3, -0.25) is 14.2 Å². The molecule has 5 heterocycles. The lowest BCUT2D eigenvalue weighted by molar-refractivity contribution is 0.0699. The summed E-state index contributed by atoms with van der Waals surface area (Å²) in [6.07, 6.45) is 7.02. The number of piperidine rings is 1. The Hall–Kier alpha value is -3.56. The Kier molecular flexibility index (Phi) is 4.11. The van der Waals surface area contributed by atoms with Crippen LogP contribution in [-0.2, 0) is 14.1 Å². The van der Waals surface area contributed by atoms with Gasteiger partial charge in [0.05, 0.1) is 11.9 Å². The van der Waals surface area contributed by atoms with E-state index in [4.69, 9.17) is 5.10 Å². The average molecular weight is 391 g/mol. The number of carbonyl (C=O) groups is 1. The van der Waals surface area contributed by atoms with E-state index < -0.39 is 0 Å². The van der Waals surface area contributed by atoms with Crippen LogP contribution in [0.1, 0.15) is 35.1 Å². The van der Waals surface area contributed by atoms with Gasteiger partial charge in [0.1, 0.15) is 5.69 Å². The zero-order chi connectivity index (χ0) is 20.0. The van der Waals surface area contributed by atoms with Gasteiger partial charge in [0.2, 0.25) is 0 Å². The molecule has 1 fully saturated rings. The highest BCUT2D eigenvalue weighted by molar-refractivity contribution is 5.92. The molecule has 1 aliphatic rings. The van der Waals surface area contributed by atoms with Crippen molar-refractivity contribution in [2.45, 2.75) is 18.8 Å². The standard InChI is InChI=1S/C19H21N9O/c1-25-12-14(11-21-25)15-3-4-17-22-23-18(28(17)24-15)13-6-9-27(10-7-13)19(29)16-5-8-20-26(16)2/h3-5,8,11-13H,6-7,9-10H2,1-2H3. The fraction of sp³-hybridized carbons (Fsp3) is 0.368. The SMILES string of the molecule is Cn1cc(-c2ccc3nnc(C4CCN(C(=O)c5ccnn5C)CC4)n3n2)cn1. The van der Waals surface area contributed by atoms with E-state index in [0.29, 0.717) is 18.8 Å². The summed E-state index contributed by atoms with van der Waals surface area (Å²) in [5, 5.41) is 21.7. The molecule has 0 bridgehead atoms. The molecule has 10 nitrogen and oxygen atoms in total. The molecule has 0 aromatic carbocycles. The molecule has 0 radical (unpaired) electrons. The van der Waals surface area contributed by atoms with Crippen LogP contribution in [0.5, 0.6) is 0 Å². The van der Waals surface area contributed by atoms with E-state index in [-0.39, 0.29) is 11.8 Å². The second kappa shape index (κ2) is 6.80. The monoisotopic (exact) mass is 391 g/mol. The Morgan fingerprint density at radius 1 is 1.07 bits per heavy atom. The maximum atomic E-state index is 12.7. The zero-order valence-electron chi connectivity index (χ0n) is 16.3. The van der Waals surface area contributed by atoms with E-state index >= 15 is 0 Å². The molecule has 1 amide bonds. The van der Waals surface area contributed by atoms with Gasteiger partial charge in [0.25, 0.3) is 5.91 Å². The van der Waals surface area contributed by atoms with Crippen molar-refractivity contribution in [3.8, 4) is 11.3 Å². The minimum atomic E-state index is 0.0199. The topological polar surface area (TPSA) is 99.0 Å². The fourth-order valence-corrected chi connectivity index (χ4v) is 3.85. The minimum absolute atomic E-state index is 0.0199. The Labute approximate surface area is 166 Å². The maximum absolute atomic E-state index is 12.7. The van der Waals surface area contributed by atoms with E-state index in [9.17, 15) is 4.79 Å². The van der Waals surface area contributed by atoms with Crippen LogP contribution < -0.4 is 0 Å². The number of rotatable bonds is 3. The molecule has 5 rings (SSSR count). The number of carbonyl (C=O) groups excluding carboxylic acids is 1. The van der Waals surface area contributed by atoms with E-state index in [2.05, 4.69) is 20.4 Å². The summed E-state index contributed by atoms with van der Waals surface area (Å²) in [5.41, 5.74) is 3.11. The van der Waals surface area contributed by atoms with E-state index in [1.165, 1.54) is 0 Å². The molecular formula is C19H21N9O. The lowest BCUT2D eigenvalue weighted by Crippen LogP contribution is -2.39. The zero-order valence-corrected chi connectivity index (χ0v) is 16.3. The van der Waals surface area contributed by atoms with E-state index in [0.717, 1.165) is 35.6 Å². The molecule has 0 unspecified atom stereocenters. The summed E-state index contributed by atoms with van der Waals surface area (Å²) in [6, 6.07) is 5.61. The largest absolute Gasteiger partial charge is 0.337 e. The van der Waals surface area contributed by atoms with Crippen LogP contribution in [0.3, 0.4) is 0 Å². The van der Waals surface area contributed by atoms with Crippen LogP contribution in [0.15, 0.2) is 36.8 Å². The molecule has 4 aromatic heterocycles. The third kappa shape index (κ3) is 3.06. The molecule has 29 heavy (non-hydrogen) atoms. The van der Waals surface area contributed by atoms with Gasteiger partial charge in [-0.1, -0.05) is 0 Å². The number of nitrogens with zero attached hydrogens (tertiary/aromatic N) is 9.